The molecule has 0 fully saturated rings. The number of nitrogens with zero attached hydrogens (tertiary/aromatic N) is 2. The summed E-state index contributed by atoms with van der Waals surface area (Å²) in [6.07, 6.45) is 2.36. The first kappa shape index (κ1) is 13.6. The zero-order valence-electron chi connectivity index (χ0n) is 10.4. The van der Waals surface area contributed by atoms with Gasteiger partial charge in [0.1, 0.15) is 0 Å². The standard InChI is InChI=1S/C11H20N4O2/c1-3-4-9(7-12)11(16)13-6-5-10-14-8(2)17-15-10/h9H,3-7,12H2,1-2H3,(H,13,16). The van der Waals surface area contributed by atoms with Crippen molar-refractivity contribution in [1.29, 1.82) is 0 Å². The van der Waals surface area contributed by atoms with E-state index in [1.165, 1.54) is 0 Å². The van der Waals surface area contributed by atoms with Crippen molar-refractivity contribution in [2.75, 3.05) is 13.1 Å². The highest BCUT2D eigenvalue weighted by molar-refractivity contribution is 5.78. The predicted molar refractivity (Wildman–Crippen MR) is 63.2 cm³/mol. The number of aryl methyl sites for hydroxylation is 1. The lowest BCUT2D eigenvalue weighted by Gasteiger charge is -2.13. The zero-order chi connectivity index (χ0) is 12.7. The Morgan fingerprint density at radius 2 is 2.35 bits per heavy atom. The van der Waals surface area contributed by atoms with Gasteiger partial charge in [-0.3, -0.25) is 4.79 Å². The fourth-order valence-corrected chi connectivity index (χ4v) is 1.59. The van der Waals surface area contributed by atoms with E-state index in [-0.39, 0.29) is 11.8 Å². The van der Waals surface area contributed by atoms with E-state index in [4.69, 9.17) is 10.3 Å². The maximum absolute atomic E-state index is 11.7. The van der Waals surface area contributed by atoms with Crippen molar-refractivity contribution in [3.63, 3.8) is 0 Å². The number of aromatic nitrogens is 2. The van der Waals surface area contributed by atoms with E-state index in [0.29, 0.717) is 31.2 Å². The van der Waals surface area contributed by atoms with Crippen LogP contribution in [0.1, 0.15) is 31.5 Å². The fourth-order valence-electron chi connectivity index (χ4n) is 1.59. The summed E-state index contributed by atoms with van der Waals surface area (Å²) in [6.45, 7) is 4.68. The third-order valence-electron chi connectivity index (χ3n) is 2.51. The van der Waals surface area contributed by atoms with Gasteiger partial charge < -0.3 is 15.6 Å². The number of amides is 1. The molecule has 0 bridgehead atoms. The zero-order valence-corrected chi connectivity index (χ0v) is 10.4. The van der Waals surface area contributed by atoms with Crippen molar-refractivity contribution < 1.29 is 9.32 Å². The van der Waals surface area contributed by atoms with E-state index in [1.807, 2.05) is 6.92 Å². The van der Waals surface area contributed by atoms with Crippen LogP contribution in [0.5, 0.6) is 0 Å². The summed E-state index contributed by atoms with van der Waals surface area (Å²) in [5.74, 6) is 1.07. The lowest BCUT2D eigenvalue weighted by atomic mass is 10.0. The summed E-state index contributed by atoms with van der Waals surface area (Å²) in [5.41, 5.74) is 5.55. The minimum atomic E-state index is -0.0907. The molecule has 0 aliphatic carbocycles. The molecule has 1 aromatic heterocycles. The van der Waals surface area contributed by atoms with Gasteiger partial charge in [0.05, 0.1) is 5.92 Å². The highest BCUT2D eigenvalue weighted by Gasteiger charge is 2.15. The molecule has 1 atom stereocenters. The Hall–Kier alpha value is -1.43. The molecule has 1 aromatic rings. The Morgan fingerprint density at radius 1 is 1.59 bits per heavy atom. The van der Waals surface area contributed by atoms with Gasteiger partial charge in [0, 0.05) is 26.4 Å². The molecule has 1 amide bonds. The van der Waals surface area contributed by atoms with E-state index in [9.17, 15) is 4.79 Å². The normalized spacial score (nSPS) is 12.4. The van der Waals surface area contributed by atoms with Gasteiger partial charge in [-0.1, -0.05) is 18.5 Å². The molecule has 6 heteroatoms. The SMILES string of the molecule is CCCC(CN)C(=O)NCCc1noc(C)n1. The molecule has 0 saturated heterocycles. The van der Waals surface area contributed by atoms with Crippen molar-refractivity contribution in [3.05, 3.63) is 11.7 Å². The summed E-state index contributed by atoms with van der Waals surface area (Å²) in [7, 11) is 0. The summed E-state index contributed by atoms with van der Waals surface area (Å²) in [4.78, 5) is 15.8. The van der Waals surface area contributed by atoms with Crippen LogP contribution >= 0.6 is 0 Å². The molecule has 0 spiro atoms. The van der Waals surface area contributed by atoms with Crippen molar-refractivity contribution in [3.8, 4) is 0 Å². The van der Waals surface area contributed by atoms with Crippen LogP contribution in [0.25, 0.3) is 0 Å². The van der Waals surface area contributed by atoms with Crippen LogP contribution in [0.15, 0.2) is 4.52 Å². The highest BCUT2D eigenvalue weighted by Crippen LogP contribution is 2.04. The number of rotatable bonds is 7. The second-order valence-electron chi connectivity index (χ2n) is 3.99. The first-order chi connectivity index (χ1) is 8.17. The third kappa shape index (κ3) is 4.52. The minimum Gasteiger partial charge on any atom is -0.355 e. The Balaban J connectivity index is 2.28. The first-order valence-electron chi connectivity index (χ1n) is 5.94. The molecule has 6 nitrogen and oxygen atoms in total. The number of carbonyl (C=O) groups excluding carboxylic acids is 1. The van der Waals surface area contributed by atoms with E-state index >= 15 is 0 Å². The summed E-state index contributed by atoms with van der Waals surface area (Å²) < 4.78 is 4.84. The molecular formula is C11H20N4O2. The van der Waals surface area contributed by atoms with Crippen LogP contribution in [0.4, 0.5) is 0 Å². The van der Waals surface area contributed by atoms with Gasteiger partial charge in [-0.05, 0) is 6.42 Å². The average molecular weight is 240 g/mol. The predicted octanol–water partition coefficient (Wildman–Crippen LogP) is 0.412. The third-order valence-corrected chi connectivity index (χ3v) is 2.51. The Bertz CT molecular complexity index is 351. The van der Waals surface area contributed by atoms with Gasteiger partial charge in [0.2, 0.25) is 11.8 Å². The minimum absolute atomic E-state index is 0.00886. The van der Waals surface area contributed by atoms with Crippen molar-refractivity contribution in [1.82, 2.24) is 15.5 Å². The van der Waals surface area contributed by atoms with Crippen molar-refractivity contribution in [2.45, 2.75) is 33.1 Å². The van der Waals surface area contributed by atoms with Gasteiger partial charge >= 0.3 is 0 Å². The van der Waals surface area contributed by atoms with Crippen molar-refractivity contribution in [2.24, 2.45) is 11.7 Å². The number of nitrogens with two attached hydrogens (primary N) is 1. The van der Waals surface area contributed by atoms with Crippen LogP contribution in [-0.2, 0) is 11.2 Å². The molecule has 1 heterocycles. The number of carbonyl (C=O) groups is 1. The van der Waals surface area contributed by atoms with Crippen LogP contribution < -0.4 is 11.1 Å². The van der Waals surface area contributed by atoms with Gasteiger partial charge in [0.25, 0.3) is 0 Å². The Morgan fingerprint density at radius 3 is 2.88 bits per heavy atom. The molecule has 3 N–H and O–H groups in total. The van der Waals surface area contributed by atoms with Crippen LogP contribution in [-0.4, -0.2) is 29.1 Å². The fraction of sp³-hybridized carbons (Fsp3) is 0.727. The lowest BCUT2D eigenvalue weighted by Crippen LogP contribution is -2.36. The van der Waals surface area contributed by atoms with Gasteiger partial charge in [-0.15, -0.1) is 0 Å². The molecule has 0 radical (unpaired) electrons. The monoisotopic (exact) mass is 240 g/mol. The summed E-state index contributed by atoms with van der Waals surface area (Å²) in [5, 5.41) is 6.59. The first-order valence-corrected chi connectivity index (χ1v) is 5.94. The smallest absolute Gasteiger partial charge is 0.224 e. The lowest BCUT2D eigenvalue weighted by molar-refractivity contribution is -0.124. The largest absolute Gasteiger partial charge is 0.355 e. The average Bonchev–Trinajstić information content (AvgIpc) is 2.71. The number of nitrogens with one attached hydrogen (secondary N) is 1. The van der Waals surface area contributed by atoms with Crippen LogP contribution in [0.3, 0.4) is 0 Å². The van der Waals surface area contributed by atoms with Gasteiger partial charge in [0.15, 0.2) is 5.82 Å². The van der Waals surface area contributed by atoms with E-state index in [0.717, 1.165) is 12.8 Å². The molecule has 0 aliphatic rings. The number of hydrogen-bond donors (Lipinski definition) is 2. The summed E-state index contributed by atoms with van der Waals surface area (Å²) >= 11 is 0. The topological polar surface area (TPSA) is 94.0 Å². The van der Waals surface area contributed by atoms with E-state index in [1.54, 1.807) is 6.92 Å². The molecule has 1 rings (SSSR count). The second kappa shape index (κ2) is 7.01. The molecule has 0 saturated carbocycles. The van der Waals surface area contributed by atoms with E-state index < -0.39 is 0 Å². The quantitative estimate of drug-likeness (QED) is 0.720. The molecule has 17 heavy (non-hydrogen) atoms. The van der Waals surface area contributed by atoms with Crippen molar-refractivity contribution >= 4 is 5.91 Å². The molecule has 0 aromatic carbocycles. The number of hydrogen-bond acceptors (Lipinski definition) is 5. The highest BCUT2D eigenvalue weighted by atomic mass is 16.5. The molecular weight excluding hydrogens is 220 g/mol. The second-order valence-corrected chi connectivity index (χ2v) is 3.99. The Kier molecular flexibility index (Phi) is 5.62. The molecule has 96 valence electrons. The molecule has 1 unspecified atom stereocenters. The van der Waals surface area contributed by atoms with Gasteiger partial charge in [-0.25, -0.2) is 0 Å². The van der Waals surface area contributed by atoms with Gasteiger partial charge in [-0.2, -0.15) is 4.98 Å². The maximum atomic E-state index is 11.7. The summed E-state index contributed by atoms with van der Waals surface area (Å²) in [6, 6.07) is 0. The Labute approximate surface area is 101 Å². The van der Waals surface area contributed by atoms with E-state index in [2.05, 4.69) is 15.5 Å². The maximum Gasteiger partial charge on any atom is 0.224 e. The van der Waals surface area contributed by atoms with Crippen LogP contribution in [0, 0.1) is 12.8 Å². The molecule has 0 aliphatic heterocycles. The van der Waals surface area contributed by atoms with Crippen LogP contribution in [0.2, 0.25) is 0 Å².